The standard InChI is InChI=1S/C88H128/c1-59(29-27-31-61-41-43-71(53-61)87(63-33-19-15-20-34-63,64-35-21-16-22-36-64)81-77-55-67(83(3,4)5)45-49-73(77)74-50-46-68(56-78(74)81)84(6,7)8)60(2)30-28-32-62-42-44-72(54-62)88(65-37-23-17-24-38-65,66-39-25-18-26-40-66)82-79-57-69(85(9,10)11)47-51-75(79)76-52-48-70(58-80(76)82)86(12,13)14/h15-26,33-40,61-62,67-82H,27-32,41-58H2,1-14H3. The van der Waals surface area contributed by atoms with Gasteiger partial charge in [-0.2, -0.15) is 0 Å². The van der Waals surface area contributed by atoms with Gasteiger partial charge in [-0.3, -0.25) is 0 Å². The van der Waals surface area contributed by atoms with Crippen LogP contribution >= 0.6 is 0 Å². The number of fused-ring (bicyclic) bond motifs is 6. The fourth-order valence-corrected chi connectivity index (χ4v) is 24.5. The fraction of sp³-hybridized carbons (Fsp3) is 0.705. The van der Waals surface area contributed by atoms with Crippen LogP contribution in [0.3, 0.4) is 0 Å². The lowest BCUT2D eigenvalue weighted by Crippen LogP contribution is -2.49. The molecule has 12 rings (SSSR count). The molecule has 8 fully saturated rings. The second-order valence-electron chi connectivity index (χ2n) is 37.2. The van der Waals surface area contributed by atoms with E-state index in [-0.39, 0.29) is 10.8 Å². The molecule has 0 spiro atoms. The van der Waals surface area contributed by atoms with Crippen molar-refractivity contribution in [3.05, 3.63) is 155 Å². The molecule has 0 amide bonds. The molecule has 16 atom stereocenters. The molecule has 0 radical (unpaired) electrons. The Morgan fingerprint density at radius 3 is 0.761 bits per heavy atom. The van der Waals surface area contributed by atoms with Crippen molar-refractivity contribution >= 4 is 0 Å². The summed E-state index contributed by atoms with van der Waals surface area (Å²) >= 11 is 0. The van der Waals surface area contributed by atoms with Crippen molar-refractivity contribution in [2.24, 2.45) is 128 Å². The molecule has 0 heteroatoms. The minimum absolute atomic E-state index is 0.0500. The third-order valence-electron chi connectivity index (χ3n) is 29.1. The number of benzene rings is 4. The molecule has 0 aliphatic heterocycles. The molecular weight excluding hydrogens is 1060 g/mol. The summed E-state index contributed by atoms with van der Waals surface area (Å²) in [7, 11) is 0. The Morgan fingerprint density at radius 2 is 0.523 bits per heavy atom. The van der Waals surface area contributed by atoms with Gasteiger partial charge in [-0.25, -0.2) is 0 Å². The van der Waals surface area contributed by atoms with E-state index in [2.05, 4.69) is 218 Å². The van der Waals surface area contributed by atoms with Gasteiger partial charge in [0.2, 0.25) is 0 Å². The summed E-state index contributed by atoms with van der Waals surface area (Å²) in [6.07, 6.45) is 33.9. The number of allylic oxidation sites excluding steroid dienone is 2. The van der Waals surface area contributed by atoms with Crippen LogP contribution in [0.1, 0.15) is 273 Å². The zero-order valence-corrected chi connectivity index (χ0v) is 58.9. The lowest BCUT2D eigenvalue weighted by molar-refractivity contribution is 0.0419. The van der Waals surface area contributed by atoms with Crippen LogP contribution in [0.4, 0.5) is 0 Å². The number of rotatable bonds is 16. The Labute approximate surface area is 541 Å². The smallest absolute Gasteiger partial charge is 0.0264 e. The first-order chi connectivity index (χ1) is 42.0. The van der Waals surface area contributed by atoms with Crippen LogP contribution in [0.2, 0.25) is 0 Å². The van der Waals surface area contributed by atoms with Crippen LogP contribution in [-0.2, 0) is 10.8 Å². The maximum atomic E-state index is 2.62. The summed E-state index contributed by atoms with van der Waals surface area (Å²) < 4.78 is 0. The van der Waals surface area contributed by atoms with Gasteiger partial charge in [0.25, 0.3) is 0 Å². The van der Waals surface area contributed by atoms with Crippen molar-refractivity contribution < 1.29 is 0 Å². The molecule has 0 aromatic heterocycles. The summed E-state index contributed by atoms with van der Waals surface area (Å²) in [5.41, 5.74) is 11.6. The third kappa shape index (κ3) is 12.4. The highest BCUT2D eigenvalue weighted by Gasteiger charge is 2.66. The van der Waals surface area contributed by atoms with E-state index < -0.39 is 0 Å². The van der Waals surface area contributed by atoms with E-state index in [4.69, 9.17) is 0 Å². The Balaban J connectivity index is 0.755. The Bertz CT molecular complexity index is 2540. The molecule has 16 unspecified atom stereocenters. The van der Waals surface area contributed by atoms with E-state index in [1.165, 1.54) is 154 Å². The van der Waals surface area contributed by atoms with Gasteiger partial charge in [-0.05, 0) is 293 Å². The summed E-state index contributed by atoms with van der Waals surface area (Å²) in [6.45, 7) is 36.0. The first-order valence-corrected chi connectivity index (χ1v) is 37.9. The van der Waals surface area contributed by atoms with Gasteiger partial charge in [-0.1, -0.05) is 241 Å². The second-order valence-corrected chi connectivity index (χ2v) is 37.2. The van der Waals surface area contributed by atoms with E-state index in [1.807, 2.05) is 0 Å². The quantitative estimate of drug-likeness (QED) is 0.0981. The van der Waals surface area contributed by atoms with Gasteiger partial charge >= 0.3 is 0 Å². The average molecular weight is 1190 g/mol. The second kappa shape index (κ2) is 25.8. The molecule has 0 bridgehead atoms. The number of hydrogen-bond donors (Lipinski definition) is 0. The molecule has 0 nitrogen and oxygen atoms in total. The van der Waals surface area contributed by atoms with Gasteiger partial charge in [0.1, 0.15) is 0 Å². The fourth-order valence-electron chi connectivity index (χ4n) is 24.5. The van der Waals surface area contributed by atoms with E-state index in [9.17, 15) is 0 Å². The molecular formula is C88H128. The summed E-state index contributed by atoms with van der Waals surface area (Å²) in [5.74, 6) is 14.5. The zero-order valence-electron chi connectivity index (χ0n) is 58.9. The van der Waals surface area contributed by atoms with Crippen LogP contribution in [-0.4, -0.2) is 0 Å². The van der Waals surface area contributed by atoms with Gasteiger partial charge in [0, 0.05) is 10.8 Å². The molecule has 0 N–H and O–H groups in total. The van der Waals surface area contributed by atoms with E-state index in [0.29, 0.717) is 45.3 Å². The normalized spacial score (nSPS) is 35.0. The predicted molar refractivity (Wildman–Crippen MR) is 377 cm³/mol. The lowest BCUT2D eigenvalue weighted by Gasteiger charge is -2.53. The van der Waals surface area contributed by atoms with Crippen LogP contribution in [0.25, 0.3) is 0 Å². The first-order valence-electron chi connectivity index (χ1n) is 37.9. The van der Waals surface area contributed by atoms with Crippen molar-refractivity contribution in [1.82, 2.24) is 0 Å². The molecule has 8 aliphatic rings. The van der Waals surface area contributed by atoms with Crippen LogP contribution in [0.5, 0.6) is 0 Å². The van der Waals surface area contributed by atoms with Crippen molar-refractivity contribution in [1.29, 1.82) is 0 Å². The van der Waals surface area contributed by atoms with Crippen molar-refractivity contribution in [3.63, 3.8) is 0 Å². The van der Waals surface area contributed by atoms with Gasteiger partial charge in [0.05, 0.1) is 0 Å². The van der Waals surface area contributed by atoms with E-state index in [1.54, 1.807) is 33.4 Å². The lowest BCUT2D eigenvalue weighted by atomic mass is 9.50. The topological polar surface area (TPSA) is 0 Å². The maximum Gasteiger partial charge on any atom is 0.0264 e. The molecule has 4 aromatic rings. The van der Waals surface area contributed by atoms with Crippen molar-refractivity contribution in [2.45, 2.75) is 262 Å². The first kappa shape index (κ1) is 64.7. The Morgan fingerprint density at radius 1 is 0.284 bits per heavy atom. The minimum atomic E-state index is 0.0500. The molecule has 0 saturated heterocycles. The van der Waals surface area contributed by atoms with Gasteiger partial charge in [-0.15, -0.1) is 0 Å². The third-order valence-corrected chi connectivity index (χ3v) is 29.1. The predicted octanol–water partition coefficient (Wildman–Crippen LogP) is 25.0. The van der Waals surface area contributed by atoms with Gasteiger partial charge in [0.15, 0.2) is 0 Å². The SMILES string of the molecule is CC(CCCC1CCC(C(c2ccccc2)(c2ccccc2)C2C3CC(C(C)(C)C)CCC3C3CCC(C(C)(C)C)CC32)C1)=C(C)CCCC1CCC(C(c2ccccc2)(c2ccccc2)C2C3CC(C(C)(C)C)CCC3C3CCC(C(C)(C)C)CC32)C1. The maximum absolute atomic E-state index is 2.62. The molecule has 8 aliphatic carbocycles. The summed E-state index contributed by atoms with van der Waals surface area (Å²) in [6, 6.07) is 49.6. The molecule has 480 valence electrons. The molecule has 4 aromatic carbocycles. The number of hydrogen-bond acceptors (Lipinski definition) is 0. The van der Waals surface area contributed by atoms with E-state index >= 15 is 0 Å². The Hall–Kier alpha value is -3.38. The van der Waals surface area contributed by atoms with Crippen LogP contribution in [0.15, 0.2) is 132 Å². The average Bonchev–Trinajstić information content (AvgIpc) is 1.51. The summed E-state index contributed by atoms with van der Waals surface area (Å²) in [4.78, 5) is 0. The Kier molecular flexibility index (Phi) is 19.0. The van der Waals surface area contributed by atoms with E-state index in [0.717, 1.165) is 82.9 Å². The highest BCUT2D eigenvalue weighted by molar-refractivity contribution is 5.46. The largest absolute Gasteiger partial charge is 0.0744 e. The highest BCUT2D eigenvalue weighted by atomic mass is 14.7. The monoisotopic (exact) mass is 1190 g/mol. The van der Waals surface area contributed by atoms with Crippen LogP contribution < -0.4 is 0 Å². The van der Waals surface area contributed by atoms with Crippen molar-refractivity contribution in [2.75, 3.05) is 0 Å². The zero-order chi connectivity index (χ0) is 62.0. The minimum Gasteiger partial charge on any atom is -0.0744 e. The van der Waals surface area contributed by atoms with Crippen LogP contribution in [0, 0.1) is 128 Å². The molecule has 8 saturated carbocycles. The summed E-state index contributed by atoms with van der Waals surface area (Å²) in [5, 5.41) is 0. The van der Waals surface area contributed by atoms with Crippen molar-refractivity contribution in [3.8, 4) is 0 Å². The highest BCUT2D eigenvalue weighted by Crippen LogP contribution is 2.72. The molecule has 0 heterocycles. The van der Waals surface area contributed by atoms with Gasteiger partial charge < -0.3 is 0 Å². The molecule has 88 heavy (non-hydrogen) atoms.